The molecule has 0 aromatic rings. The van der Waals surface area contributed by atoms with Crippen LogP contribution in [0.2, 0.25) is 0 Å². The van der Waals surface area contributed by atoms with E-state index in [1.807, 2.05) is 0 Å². The highest BCUT2D eigenvalue weighted by Crippen LogP contribution is 2.31. The van der Waals surface area contributed by atoms with Crippen molar-refractivity contribution in [3.05, 3.63) is 0 Å². The lowest BCUT2D eigenvalue weighted by Crippen LogP contribution is -2.46. The Morgan fingerprint density at radius 3 is 2.61 bits per heavy atom. The number of amides is 1. The van der Waals surface area contributed by atoms with Gasteiger partial charge in [0.25, 0.3) is 0 Å². The predicted octanol–water partition coefficient (Wildman–Crippen LogP) is 1.31. The standard InChI is InChI=1S/C14H26N2O2/c1-2-14(5-7-15-8-6-14)11-16-13(17)12-3-9-18-10-4-12/h12,15H,2-11H2,1H3,(H,16,17). The maximum absolute atomic E-state index is 12.1. The normalized spacial score (nSPS) is 24.7. The highest BCUT2D eigenvalue weighted by Gasteiger charge is 2.31. The number of piperidine rings is 1. The Morgan fingerprint density at radius 1 is 1.33 bits per heavy atom. The number of hydrogen-bond donors (Lipinski definition) is 2. The van der Waals surface area contributed by atoms with Crippen LogP contribution in [-0.2, 0) is 9.53 Å². The Morgan fingerprint density at radius 2 is 2.00 bits per heavy atom. The van der Waals surface area contributed by atoms with E-state index in [-0.39, 0.29) is 11.8 Å². The van der Waals surface area contributed by atoms with E-state index in [4.69, 9.17) is 4.74 Å². The molecule has 2 rings (SSSR count). The molecule has 1 amide bonds. The molecule has 4 nitrogen and oxygen atoms in total. The molecule has 2 aliphatic rings. The van der Waals surface area contributed by atoms with Crippen molar-refractivity contribution in [3.8, 4) is 0 Å². The van der Waals surface area contributed by atoms with Crippen molar-refractivity contribution in [2.45, 2.75) is 39.0 Å². The molecule has 2 aliphatic heterocycles. The van der Waals surface area contributed by atoms with Gasteiger partial charge in [-0.1, -0.05) is 6.92 Å². The van der Waals surface area contributed by atoms with Crippen LogP contribution in [0.25, 0.3) is 0 Å². The second kappa shape index (κ2) is 6.53. The number of carbonyl (C=O) groups excluding carboxylic acids is 1. The van der Waals surface area contributed by atoms with Crippen LogP contribution in [0, 0.1) is 11.3 Å². The fraction of sp³-hybridized carbons (Fsp3) is 0.929. The van der Waals surface area contributed by atoms with Gasteiger partial charge in [-0.3, -0.25) is 4.79 Å². The highest BCUT2D eigenvalue weighted by molar-refractivity contribution is 5.78. The van der Waals surface area contributed by atoms with Gasteiger partial charge in [0.1, 0.15) is 0 Å². The monoisotopic (exact) mass is 254 g/mol. The van der Waals surface area contributed by atoms with E-state index >= 15 is 0 Å². The van der Waals surface area contributed by atoms with Gasteiger partial charge in [-0.2, -0.15) is 0 Å². The van der Waals surface area contributed by atoms with Gasteiger partial charge >= 0.3 is 0 Å². The largest absolute Gasteiger partial charge is 0.381 e. The van der Waals surface area contributed by atoms with Crippen LogP contribution in [0.3, 0.4) is 0 Å². The molecule has 2 fully saturated rings. The Kier molecular flexibility index (Phi) is 5.01. The number of rotatable bonds is 4. The van der Waals surface area contributed by atoms with Gasteiger partial charge in [0.15, 0.2) is 0 Å². The molecule has 2 heterocycles. The molecule has 0 bridgehead atoms. The maximum Gasteiger partial charge on any atom is 0.223 e. The Bertz CT molecular complexity index is 269. The van der Waals surface area contributed by atoms with Crippen molar-refractivity contribution < 1.29 is 9.53 Å². The molecular weight excluding hydrogens is 228 g/mol. The molecule has 2 N–H and O–H groups in total. The Hall–Kier alpha value is -0.610. The SMILES string of the molecule is CCC1(CNC(=O)C2CCOCC2)CCNCC1. The van der Waals surface area contributed by atoms with E-state index in [2.05, 4.69) is 17.6 Å². The first-order valence-corrected chi connectivity index (χ1v) is 7.32. The topological polar surface area (TPSA) is 50.4 Å². The smallest absolute Gasteiger partial charge is 0.223 e. The zero-order valence-electron chi connectivity index (χ0n) is 11.5. The summed E-state index contributed by atoms with van der Waals surface area (Å²) in [5.41, 5.74) is 0.325. The quantitative estimate of drug-likeness (QED) is 0.795. The lowest BCUT2D eigenvalue weighted by Gasteiger charge is -2.37. The first kappa shape index (κ1) is 13.8. The van der Waals surface area contributed by atoms with Crippen molar-refractivity contribution in [2.75, 3.05) is 32.8 Å². The summed E-state index contributed by atoms with van der Waals surface area (Å²) in [6.07, 6.45) is 5.27. The first-order chi connectivity index (χ1) is 8.76. The van der Waals surface area contributed by atoms with Crippen LogP contribution < -0.4 is 10.6 Å². The Labute approximate surface area is 110 Å². The summed E-state index contributed by atoms with van der Waals surface area (Å²) in [7, 11) is 0. The zero-order chi connectivity index (χ0) is 12.8. The summed E-state index contributed by atoms with van der Waals surface area (Å²) < 4.78 is 5.30. The van der Waals surface area contributed by atoms with Crippen molar-refractivity contribution >= 4 is 5.91 Å². The van der Waals surface area contributed by atoms with Gasteiger partial charge in [-0.25, -0.2) is 0 Å². The van der Waals surface area contributed by atoms with E-state index in [0.717, 1.165) is 52.1 Å². The highest BCUT2D eigenvalue weighted by atomic mass is 16.5. The Balaban J connectivity index is 1.79. The molecule has 0 aromatic carbocycles. The minimum absolute atomic E-state index is 0.175. The predicted molar refractivity (Wildman–Crippen MR) is 71.4 cm³/mol. The first-order valence-electron chi connectivity index (χ1n) is 7.32. The maximum atomic E-state index is 12.1. The molecular formula is C14H26N2O2. The van der Waals surface area contributed by atoms with E-state index in [1.54, 1.807) is 0 Å². The third kappa shape index (κ3) is 3.45. The second-order valence-electron chi connectivity index (χ2n) is 5.71. The second-order valence-corrected chi connectivity index (χ2v) is 5.71. The van der Waals surface area contributed by atoms with Gasteiger partial charge < -0.3 is 15.4 Å². The molecule has 18 heavy (non-hydrogen) atoms. The fourth-order valence-electron chi connectivity index (χ4n) is 2.99. The molecule has 0 unspecified atom stereocenters. The minimum Gasteiger partial charge on any atom is -0.381 e. The van der Waals surface area contributed by atoms with Crippen LogP contribution in [0.1, 0.15) is 39.0 Å². The van der Waals surface area contributed by atoms with Crippen LogP contribution >= 0.6 is 0 Å². The number of nitrogens with one attached hydrogen (secondary N) is 2. The molecule has 0 radical (unpaired) electrons. The van der Waals surface area contributed by atoms with Crippen LogP contribution in [-0.4, -0.2) is 38.8 Å². The number of ether oxygens (including phenoxy) is 1. The third-order valence-corrected chi connectivity index (χ3v) is 4.64. The average molecular weight is 254 g/mol. The van der Waals surface area contributed by atoms with E-state index in [0.29, 0.717) is 5.41 Å². The summed E-state index contributed by atoms with van der Waals surface area (Å²) in [4.78, 5) is 12.1. The van der Waals surface area contributed by atoms with Gasteiger partial charge in [0.2, 0.25) is 5.91 Å². The molecule has 104 valence electrons. The summed E-state index contributed by atoms with van der Waals surface area (Å²) in [5, 5.41) is 6.59. The number of hydrogen-bond acceptors (Lipinski definition) is 3. The summed E-state index contributed by atoms with van der Waals surface area (Å²) in [6.45, 7) is 6.73. The molecule has 0 aliphatic carbocycles. The fourth-order valence-corrected chi connectivity index (χ4v) is 2.99. The molecule has 0 spiro atoms. The summed E-state index contributed by atoms with van der Waals surface area (Å²) in [5.74, 6) is 0.416. The summed E-state index contributed by atoms with van der Waals surface area (Å²) >= 11 is 0. The lowest BCUT2D eigenvalue weighted by atomic mass is 9.76. The average Bonchev–Trinajstić information content (AvgIpc) is 2.47. The van der Waals surface area contributed by atoms with Gasteiger partial charge in [-0.15, -0.1) is 0 Å². The molecule has 0 saturated carbocycles. The minimum atomic E-state index is 0.175. The third-order valence-electron chi connectivity index (χ3n) is 4.64. The van der Waals surface area contributed by atoms with Crippen molar-refractivity contribution in [3.63, 3.8) is 0 Å². The van der Waals surface area contributed by atoms with E-state index < -0.39 is 0 Å². The van der Waals surface area contributed by atoms with E-state index in [9.17, 15) is 4.79 Å². The molecule has 0 atom stereocenters. The zero-order valence-corrected chi connectivity index (χ0v) is 11.5. The van der Waals surface area contributed by atoms with Gasteiger partial charge in [0.05, 0.1) is 0 Å². The van der Waals surface area contributed by atoms with Crippen LogP contribution in [0.5, 0.6) is 0 Å². The van der Waals surface area contributed by atoms with Crippen LogP contribution in [0.4, 0.5) is 0 Å². The van der Waals surface area contributed by atoms with Crippen molar-refractivity contribution in [1.82, 2.24) is 10.6 Å². The molecule has 0 aromatic heterocycles. The van der Waals surface area contributed by atoms with Crippen molar-refractivity contribution in [2.24, 2.45) is 11.3 Å². The van der Waals surface area contributed by atoms with Gasteiger partial charge in [-0.05, 0) is 50.6 Å². The lowest BCUT2D eigenvalue weighted by molar-refractivity contribution is -0.128. The molecule has 2 saturated heterocycles. The number of carbonyl (C=O) groups is 1. The van der Waals surface area contributed by atoms with Gasteiger partial charge in [0, 0.05) is 25.7 Å². The van der Waals surface area contributed by atoms with E-state index in [1.165, 1.54) is 12.8 Å². The van der Waals surface area contributed by atoms with Crippen molar-refractivity contribution in [1.29, 1.82) is 0 Å². The van der Waals surface area contributed by atoms with Crippen LogP contribution in [0.15, 0.2) is 0 Å². The summed E-state index contributed by atoms with van der Waals surface area (Å²) in [6, 6.07) is 0. The molecule has 4 heteroatoms.